The normalized spacial score (nSPS) is 16.7. The summed E-state index contributed by atoms with van der Waals surface area (Å²) in [6, 6.07) is 7.49. The molecule has 1 aromatic carbocycles. The van der Waals surface area contributed by atoms with E-state index in [1.807, 2.05) is 24.3 Å². The summed E-state index contributed by atoms with van der Waals surface area (Å²) in [4.78, 5) is 18.8. The number of para-hydroxylation sites is 1. The van der Waals surface area contributed by atoms with Crippen molar-refractivity contribution in [3.05, 3.63) is 40.9 Å². The SMILES string of the molecule is O=c1c2ccccc2ncn1CN1CCCC1. The number of aromatic nitrogens is 2. The molecule has 0 atom stereocenters. The van der Waals surface area contributed by atoms with E-state index in [-0.39, 0.29) is 5.56 Å². The largest absolute Gasteiger partial charge is 0.286 e. The monoisotopic (exact) mass is 229 g/mol. The van der Waals surface area contributed by atoms with Crippen molar-refractivity contribution < 1.29 is 0 Å². The molecule has 4 heteroatoms. The van der Waals surface area contributed by atoms with Crippen LogP contribution in [0.5, 0.6) is 0 Å². The van der Waals surface area contributed by atoms with Crippen molar-refractivity contribution in [2.45, 2.75) is 19.5 Å². The first kappa shape index (κ1) is 10.5. The molecule has 1 saturated heterocycles. The van der Waals surface area contributed by atoms with E-state index >= 15 is 0 Å². The second-order valence-corrected chi connectivity index (χ2v) is 4.50. The fraction of sp³-hybridized carbons (Fsp3) is 0.385. The zero-order valence-corrected chi connectivity index (χ0v) is 9.67. The quantitative estimate of drug-likeness (QED) is 0.782. The number of hydrogen-bond acceptors (Lipinski definition) is 3. The average molecular weight is 229 g/mol. The van der Waals surface area contributed by atoms with E-state index in [0.717, 1.165) is 18.6 Å². The van der Waals surface area contributed by atoms with Gasteiger partial charge in [-0.05, 0) is 38.1 Å². The summed E-state index contributed by atoms with van der Waals surface area (Å²) < 4.78 is 1.70. The molecule has 0 unspecified atom stereocenters. The van der Waals surface area contributed by atoms with Gasteiger partial charge in [-0.15, -0.1) is 0 Å². The van der Waals surface area contributed by atoms with Gasteiger partial charge in [0.15, 0.2) is 0 Å². The first-order chi connectivity index (χ1) is 8.34. The van der Waals surface area contributed by atoms with Crippen LogP contribution in [0.3, 0.4) is 0 Å². The van der Waals surface area contributed by atoms with Gasteiger partial charge in [0.1, 0.15) is 0 Å². The lowest BCUT2D eigenvalue weighted by Gasteiger charge is -2.16. The minimum Gasteiger partial charge on any atom is -0.286 e. The van der Waals surface area contributed by atoms with Gasteiger partial charge < -0.3 is 0 Å². The van der Waals surface area contributed by atoms with Crippen molar-refractivity contribution >= 4 is 10.9 Å². The van der Waals surface area contributed by atoms with Gasteiger partial charge in [0.2, 0.25) is 0 Å². The molecule has 0 saturated carbocycles. The zero-order chi connectivity index (χ0) is 11.7. The van der Waals surface area contributed by atoms with Gasteiger partial charge in [-0.2, -0.15) is 0 Å². The Labute approximate surface area is 99.5 Å². The van der Waals surface area contributed by atoms with Crippen molar-refractivity contribution in [1.82, 2.24) is 14.5 Å². The first-order valence-corrected chi connectivity index (χ1v) is 6.01. The molecule has 0 bridgehead atoms. The summed E-state index contributed by atoms with van der Waals surface area (Å²) >= 11 is 0. The average Bonchev–Trinajstić information content (AvgIpc) is 2.86. The molecule has 0 N–H and O–H groups in total. The Morgan fingerprint density at radius 1 is 1.18 bits per heavy atom. The Morgan fingerprint density at radius 3 is 2.76 bits per heavy atom. The highest BCUT2D eigenvalue weighted by molar-refractivity contribution is 5.76. The third-order valence-corrected chi connectivity index (χ3v) is 3.28. The molecule has 3 rings (SSSR count). The van der Waals surface area contributed by atoms with Gasteiger partial charge in [0.05, 0.1) is 23.9 Å². The van der Waals surface area contributed by atoms with Crippen LogP contribution in [0.15, 0.2) is 35.4 Å². The van der Waals surface area contributed by atoms with Crippen molar-refractivity contribution in [1.29, 1.82) is 0 Å². The molecule has 17 heavy (non-hydrogen) atoms. The molecule has 1 aromatic heterocycles. The van der Waals surface area contributed by atoms with Crippen LogP contribution in [0.4, 0.5) is 0 Å². The van der Waals surface area contributed by atoms with Crippen molar-refractivity contribution in [3.63, 3.8) is 0 Å². The Kier molecular flexibility index (Phi) is 2.65. The molecule has 2 aromatic rings. The lowest BCUT2D eigenvalue weighted by atomic mass is 10.2. The van der Waals surface area contributed by atoms with Gasteiger partial charge >= 0.3 is 0 Å². The number of likely N-dealkylation sites (tertiary alicyclic amines) is 1. The zero-order valence-electron chi connectivity index (χ0n) is 9.67. The van der Waals surface area contributed by atoms with Crippen LogP contribution in [-0.2, 0) is 6.67 Å². The molecular weight excluding hydrogens is 214 g/mol. The summed E-state index contributed by atoms with van der Waals surface area (Å²) in [7, 11) is 0. The number of nitrogens with zero attached hydrogens (tertiary/aromatic N) is 3. The van der Waals surface area contributed by atoms with Gasteiger partial charge in [0, 0.05) is 0 Å². The topological polar surface area (TPSA) is 38.1 Å². The molecule has 1 aliphatic rings. The summed E-state index contributed by atoms with van der Waals surface area (Å²) in [5, 5.41) is 0.703. The summed E-state index contributed by atoms with van der Waals surface area (Å²) in [6.45, 7) is 2.83. The van der Waals surface area contributed by atoms with Crippen molar-refractivity contribution in [2.24, 2.45) is 0 Å². The van der Waals surface area contributed by atoms with Crippen LogP contribution in [0.1, 0.15) is 12.8 Å². The second kappa shape index (κ2) is 4.30. The van der Waals surface area contributed by atoms with Crippen molar-refractivity contribution in [3.8, 4) is 0 Å². The van der Waals surface area contributed by atoms with E-state index in [1.54, 1.807) is 10.9 Å². The highest BCUT2D eigenvalue weighted by Gasteiger charge is 2.12. The Balaban J connectivity index is 1.99. The van der Waals surface area contributed by atoms with E-state index in [2.05, 4.69) is 9.88 Å². The van der Waals surface area contributed by atoms with Gasteiger partial charge in [-0.1, -0.05) is 12.1 Å². The summed E-state index contributed by atoms with van der Waals surface area (Å²) in [6.07, 6.45) is 4.12. The molecule has 2 heterocycles. The molecule has 0 amide bonds. The smallest absolute Gasteiger partial charge is 0.262 e. The minimum absolute atomic E-state index is 0.0579. The lowest BCUT2D eigenvalue weighted by molar-refractivity contribution is 0.265. The van der Waals surface area contributed by atoms with Crippen LogP contribution in [-0.4, -0.2) is 27.5 Å². The number of rotatable bonds is 2. The van der Waals surface area contributed by atoms with Crippen LogP contribution < -0.4 is 5.56 Å². The maximum absolute atomic E-state index is 12.2. The highest BCUT2D eigenvalue weighted by Crippen LogP contribution is 2.09. The van der Waals surface area contributed by atoms with E-state index < -0.39 is 0 Å². The third-order valence-electron chi connectivity index (χ3n) is 3.28. The Bertz CT molecular complexity index is 584. The fourth-order valence-corrected chi connectivity index (χ4v) is 2.35. The van der Waals surface area contributed by atoms with Gasteiger partial charge in [0.25, 0.3) is 5.56 Å². The Morgan fingerprint density at radius 2 is 1.94 bits per heavy atom. The van der Waals surface area contributed by atoms with E-state index in [1.165, 1.54) is 12.8 Å². The maximum atomic E-state index is 12.2. The van der Waals surface area contributed by atoms with Crippen LogP contribution in [0.25, 0.3) is 10.9 Å². The maximum Gasteiger partial charge on any atom is 0.262 e. The standard InChI is InChI=1S/C13H15N3O/c17-13-11-5-1-2-6-12(11)14-9-16(13)10-15-7-3-4-8-15/h1-2,5-6,9H,3-4,7-8,10H2. The van der Waals surface area contributed by atoms with Crippen molar-refractivity contribution in [2.75, 3.05) is 13.1 Å². The summed E-state index contributed by atoms with van der Waals surface area (Å²) in [5.74, 6) is 0. The van der Waals surface area contributed by atoms with Crippen LogP contribution >= 0.6 is 0 Å². The van der Waals surface area contributed by atoms with Gasteiger partial charge in [-0.3, -0.25) is 14.3 Å². The molecule has 88 valence electrons. The molecular formula is C13H15N3O. The predicted molar refractivity (Wildman–Crippen MR) is 66.8 cm³/mol. The van der Waals surface area contributed by atoms with Crippen LogP contribution in [0, 0.1) is 0 Å². The molecule has 0 aliphatic carbocycles. The number of fused-ring (bicyclic) bond motifs is 1. The highest BCUT2D eigenvalue weighted by atomic mass is 16.1. The number of benzene rings is 1. The molecule has 0 radical (unpaired) electrons. The van der Waals surface area contributed by atoms with E-state index in [4.69, 9.17) is 0 Å². The van der Waals surface area contributed by atoms with Crippen LogP contribution in [0.2, 0.25) is 0 Å². The molecule has 4 nitrogen and oxygen atoms in total. The second-order valence-electron chi connectivity index (χ2n) is 4.50. The fourth-order valence-electron chi connectivity index (χ4n) is 2.35. The molecule has 0 spiro atoms. The lowest BCUT2D eigenvalue weighted by Crippen LogP contribution is -2.30. The Hall–Kier alpha value is -1.68. The van der Waals surface area contributed by atoms with E-state index in [9.17, 15) is 4.79 Å². The predicted octanol–water partition coefficient (Wildman–Crippen LogP) is 1.45. The number of hydrogen-bond donors (Lipinski definition) is 0. The molecule has 1 fully saturated rings. The van der Waals surface area contributed by atoms with E-state index in [0.29, 0.717) is 12.1 Å². The molecule has 1 aliphatic heterocycles. The minimum atomic E-state index is 0.0579. The third kappa shape index (κ3) is 1.96. The van der Waals surface area contributed by atoms with Gasteiger partial charge in [-0.25, -0.2) is 4.98 Å². The summed E-state index contributed by atoms with van der Waals surface area (Å²) in [5.41, 5.74) is 0.831. The first-order valence-electron chi connectivity index (χ1n) is 6.01.